The van der Waals surface area contributed by atoms with Crippen molar-refractivity contribution in [3.8, 4) is 6.07 Å². The summed E-state index contributed by atoms with van der Waals surface area (Å²) in [4.78, 5) is 30.5. The summed E-state index contributed by atoms with van der Waals surface area (Å²) in [5, 5.41) is 18.6. The van der Waals surface area contributed by atoms with E-state index in [0.29, 0.717) is 13.0 Å². The first-order valence-corrected chi connectivity index (χ1v) is 6.30. The Labute approximate surface area is 119 Å². The molecule has 3 heterocycles. The van der Waals surface area contributed by atoms with Crippen molar-refractivity contribution in [3.05, 3.63) is 23.0 Å². The number of halogens is 1. The summed E-state index contributed by atoms with van der Waals surface area (Å²) < 4.78 is 0. The second-order valence-corrected chi connectivity index (χ2v) is 4.99. The molecule has 0 radical (unpaired) electrons. The van der Waals surface area contributed by atoms with Gasteiger partial charge in [-0.25, -0.2) is 14.7 Å². The van der Waals surface area contributed by atoms with E-state index in [1.807, 2.05) is 0 Å². The summed E-state index contributed by atoms with van der Waals surface area (Å²) in [5.74, 6) is -0.498. The van der Waals surface area contributed by atoms with Crippen LogP contribution in [-0.2, 0) is 4.79 Å². The third-order valence-corrected chi connectivity index (χ3v) is 3.76. The summed E-state index contributed by atoms with van der Waals surface area (Å²) in [5.41, 5.74) is 0.223. The molecule has 0 aromatic carbocycles. The highest BCUT2D eigenvalue weighted by atomic mass is 35.5. The molecule has 2 aliphatic rings. The largest absolute Gasteiger partial charge is 0.390 e. The maximum absolute atomic E-state index is 12.2. The van der Waals surface area contributed by atoms with Gasteiger partial charge in [0.25, 0.3) is 5.91 Å². The van der Waals surface area contributed by atoms with Crippen LogP contribution < -0.4 is 4.90 Å². The van der Waals surface area contributed by atoms with Crippen LogP contribution in [0.25, 0.3) is 0 Å². The number of aliphatic hydroxyl groups excluding tert-OH is 1. The molecule has 0 bridgehead atoms. The summed E-state index contributed by atoms with van der Waals surface area (Å²) in [6, 6.07) is 1.81. The number of anilines is 1. The van der Waals surface area contributed by atoms with Gasteiger partial charge in [-0.2, -0.15) is 5.26 Å². The van der Waals surface area contributed by atoms with Crippen LogP contribution in [0.2, 0.25) is 5.02 Å². The molecule has 1 aromatic rings. The molecule has 0 saturated carbocycles. The minimum atomic E-state index is -0.849. The molecule has 2 fully saturated rings. The van der Waals surface area contributed by atoms with Gasteiger partial charge in [0.1, 0.15) is 12.1 Å². The Bertz CT molecular complexity index is 657. The third kappa shape index (κ3) is 1.66. The van der Waals surface area contributed by atoms with Crippen molar-refractivity contribution in [2.75, 3.05) is 11.4 Å². The average molecular weight is 293 g/mol. The molecule has 0 unspecified atom stereocenters. The fraction of sp³-hybridized carbons (Fsp3) is 0.333. The van der Waals surface area contributed by atoms with Crippen molar-refractivity contribution in [1.82, 2.24) is 9.88 Å². The van der Waals surface area contributed by atoms with Crippen LogP contribution in [0.5, 0.6) is 0 Å². The molecule has 2 atom stereocenters. The van der Waals surface area contributed by atoms with Crippen molar-refractivity contribution < 1.29 is 14.7 Å². The number of amides is 3. The molecule has 20 heavy (non-hydrogen) atoms. The fourth-order valence-electron chi connectivity index (χ4n) is 2.51. The highest BCUT2D eigenvalue weighted by Gasteiger charge is 2.52. The number of aromatic nitrogens is 1. The number of carbonyl (C=O) groups excluding carboxylic acids is 2. The fourth-order valence-corrected chi connectivity index (χ4v) is 2.72. The molecule has 3 rings (SSSR count). The number of urea groups is 1. The van der Waals surface area contributed by atoms with E-state index >= 15 is 0 Å². The number of imide groups is 1. The first-order chi connectivity index (χ1) is 9.54. The highest BCUT2D eigenvalue weighted by Crippen LogP contribution is 2.32. The standard InChI is InChI=1S/C12H9ClN4O3/c13-7-3-6(5-15-8(7)4-14)17-11(19)10-9(18)1-2-16(10)12(17)20/h3,5,9-10,18H,1-2H2/t9-,10+/m1/s1. The highest BCUT2D eigenvalue weighted by molar-refractivity contribution is 6.32. The van der Waals surface area contributed by atoms with Crippen molar-refractivity contribution >= 4 is 29.2 Å². The third-order valence-electron chi connectivity index (χ3n) is 3.47. The van der Waals surface area contributed by atoms with Crippen molar-refractivity contribution in [1.29, 1.82) is 5.26 Å². The number of nitrogens with zero attached hydrogens (tertiary/aromatic N) is 4. The van der Waals surface area contributed by atoms with Crippen molar-refractivity contribution in [2.45, 2.75) is 18.6 Å². The maximum atomic E-state index is 12.2. The van der Waals surface area contributed by atoms with Gasteiger partial charge in [0.2, 0.25) is 0 Å². The number of nitriles is 1. The predicted octanol–water partition coefficient (Wildman–Crippen LogP) is 0.508. The minimum absolute atomic E-state index is 0.0232. The lowest BCUT2D eigenvalue weighted by Gasteiger charge is -2.15. The zero-order chi connectivity index (χ0) is 14.4. The molecule has 2 saturated heterocycles. The van der Waals surface area contributed by atoms with Gasteiger partial charge < -0.3 is 10.0 Å². The summed E-state index contributed by atoms with van der Waals surface area (Å²) in [6.07, 6.45) is 0.787. The zero-order valence-corrected chi connectivity index (χ0v) is 10.9. The van der Waals surface area contributed by atoms with Gasteiger partial charge in [-0.15, -0.1) is 0 Å². The SMILES string of the molecule is N#Cc1ncc(N2C(=O)[C@@H]3[C@H](O)CCN3C2=O)cc1Cl. The first kappa shape index (κ1) is 12.8. The van der Waals surface area contributed by atoms with Gasteiger partial charge in [-0.3, -0.25) is 4.79 Å². The summed E-state index contributed by atoms with van der Waals surface area (Å²) in [7, 11) is 0. The minimum Gasteiger partial charge on any atom is -0.390 e. The Balaban J connectivity index is 1.99. The lowest BCUT2D eigenvalue weighted by atomic mass is 10.1. The topological polar surface area (TPSA) is 97.5 Å². The quantitative estimate of drug-likeness (QED) is 0.761. The Morgan fingerprint density at radius 3 is 2.85 bits per heavy atom. The molecule has 102 valence electrons. The average Bonchev–Trinajstić information content (AvgIpc) is 2.91. The Kier molecular flexibility index (Phi) is 2.85. The molecule has 0 spiro atoms. The number of hydrogen-bond acceptors (Lipinski definition) is 5. The van der Waals surface area contributed by atoms with Crippen molar-refractivity contribution in [3.63, 3.8) is 0 Å². The van der Waals surface area contributed by atoms with E-state index < -0.39 is 24.1 Å². The monoisotopic (exact) mass is 292 g/mol. The molecule has 8 heteroatoms. The molecule has 3 amide bonds. The molecular formula is C12H9ClN4O3. The van der Waals surface area contributed by atoms with Crippen molar-refractivity contribution in [2.24, 2.45) is 0 Å². The molecular weight excluding hydrogens is 284 g/mol. The van der Waals surface area contributed by atoms with Crippen LogP contribution in [0.3, 0.4) is 0 Å². The molecule has 7 nitrogen and oxygen atoms in total. The lowest BCUT2D eigenvalue weighted by Crippen LogP contribution is -2.36. The van der Waals surface area contributed by atoms with Gasteiger partial charge in [0.15, 0.2) is 5.69 Å². The second kappa shape index (κ2) is 4.44. The van der Waals surface area contributed by atoms with Crippen LogP contribution in [0.4, 0.5) is 10.5 Å². The molecule has 1 N–H and O–H groups in total. The normalized spacial score (nSPS) is 25.1. The van der Waals surface area contributed by atoms with E-state index in [2.05, 4.69) is 4.98 Å². The van der Waals surface area contributed by atoms with Crippen LogP contribution in [0.15, 0.2) is 12.3 Å². The van der Waals surface area contributed by atoms with Gasteiger partial charge in [0, 0.05) is 6.54 Å². The van der Waals surface area contributed by atoms with E-state index in [-0.39, 0.29) is 16.4 Å². The number of hydrogen-bond donors (Lipinski definition) is 1. The second-order valence-electron chi connectivity index (χ2n) is 4.59. The van der Waals surface area contributed by atoms with Gasteiger partial charge >= 0.3 is 6.03 Å². The number of pyridine rings is 1. The lowest BCUT2D eigenvalue weighted by molar-refractivity contribution is -0.121. The van der Waals surface area contributed by atoms with Gasteiger partial charge in [-0.05, 0) is 12.5 Å². The van der Waals surface area contributed by atoms with E-state index in [4.69, 9.17) is 16.9 Å². The van der Waals surface area contributed by atoms with Crippen LogP contribution in [0.1, 0.15) is 12.1 Å². The molecule has 1 aromatic heterocycles. The Morgan fingerprint density at radius 2 is 2.25 bits per heavy atom. The maximum Gasteiger partial charge on any atom is 0.332 e. The van der Waals surface area contributed by atoms with E-state index in [1.54, 1.807) is 6.07 Å². The van der Waals surface area contributed by atoms with E-state index in [1.165, 1.54) is 17.2 Å². The number of carbonyl (C=O) groups is 2. The molecule has 2 aliphatic heterocycles. The van der Waals surface area contributed by atoms with Crippen LogP contribution in [-0.4, -0.2) is 45.6 Å². The number of aliphatic hydroxyl groups is 1. The Hall–Kier alpha value is -2.17. The van der Waals surface area contributed by atoms with Gasteiger partial charge in [0.05, 0.1) is 23.0 Å². The van der Waals surface area contributed by atoms with Crippen LogP contribution >= 0.6 is 11.6 Å². The summed E-state index contributed by atoms with van der Waals surface area (Å²) >= 11 is 5.86. The zero-order valence-electron chi connectivity index (χ0n) is 10.2. The number of rotatable bonds is 1. The predicted molar refractivity (Wildman–Crippen MR) is 68.0 cm³/mol. The van der Waals surface area contributed by atoms with Gasteiger partial charge in [-0.1, -0.05) is 11.6 Å². The molecule has 0 aliphatic carbocycles. The Morgan fingerprint density at radius 1 is 1.50 bits per heavy atom. The van der Waals surface area contributed by atoms with Crippen LogP contribution in [0, 0.1) is 11.3 Å². The van der Waals surface area contributed by atoms with E-state index in [9.17, 15) is 14.7 Å². The summed E-state index contributed by atoms with van der Waals surface area (Å²) in [6.45, 7) is 0.338. The van der Waals surface area contributed by atoms with E-state index in [0.717, 1.165) is 4.90 Å². The first-order valence-electron chi connectivity index (χ1n) is 5.93. The smallest absolute Gasteiger partial charge is 0.332 e. The number of fused-ring (bicyclic) bond motifs is 1.